The standard InChI is InChI=1S/C26H37ClF3N3O5S/c1-24(2,3)12-20(33(23(35)36)25(4,5)6)22(34)31-19-10-7-15-13-32(14-17(15)19)39(37,38)21-11-16(26(28,29)30)8-9-18(21)27/h8-9,11,15,17,19-20H,7,10,12-14H2,1-6H3,(H,31,34)(H,35,36)/t15-,17+,19+,20+/m1/s1. The molecule has 1 saturated heterocycles. The molecule has 13 heteroatoms. The largest absolute Gasteiger partial charge is 0.465 e. The van der Waals surface area contributed by atoms with E-state index in [0.29, 0.717) is 18.9 Å². The van der Waals surface area contributed by atoms with Crippen molar-refractivity contribution in [1.29, 1.82) is 0 Å². The average Bonchev–Trinajstić information content (AvgIpc) is 3.33. The van der Waals surface area contributed by atoms with Crippen LogP contribution in [0.1, 0.15) is 66.4 Å². The molecule has 1 saturated carbocycles. The number of carbonyl (C=O) groups is 2. The normalized spacial score (nSPS) is 23.4. The Bertz CT molecular complexity index is 1210. The Balaban J connectivity index is 1.83. The number of nitrogens with one attached hydrogen (secondary N) is 1. The summed E-state index contributed by atoms with van der Waals surface area (Å²) < 4.78 is 67.6. The number of hydrogen-bond donors (Lipinski definition) is 2. The zero-order valence-electron chi connectivity index (χ0n) is 23.0. The van der Waals surface area contributed by atoms with Crippen LogP contribution >= 0.6 is 11.6 Å². The summed E-state index contributed by atoms with van der Waals surface area (Å²) in [7, 11) is -4.33. The van der Waals surface area contributed by atoms with E-state index >= 15 is 0 Å². The lowest BCUT2D eigenvalue weighted by Gasteiger charge is -2.41. The van der Waals surface area contributed by atoms with Crippen molar-refractivity contribution < 1.29 is 36.3 Å². The molecule has 0 radical (unpaired) electrons. The first kappa shape index (κ1) is 31.5. The summed E-state index contributed by atoms with van der Waals surface area (Å²) in [6.07, 6.45) is -4.47. The first-order valence-corrected chi connectivity index (χ1v) is 14.6. The van der Waals surface area contributed by atoms with Crippen molar-refractivity contribution in [2.45, 2.75) is 89.5 Å². The molecule has 8 nitrogen and oxygen atoms in total. The number of fused-ring (bicyclic) bond motifs is 1. The monoisotopic (exact) mass is 595 g/mol. The van der Waals surface area contributed by atoms with E-state index in [1.54, 1.807) is 20.8 Å². The van der Waals surface area contributed by atoms with Crippen LogP contribution in [0.5, 0.6) is 0 Å². The van der Waals surface area contributed by atoms with Crippen molar-refractivity contribution in [3.63, 3.8) is 0 Å². The molecule has 2 amide bonds. The second-order valence-electron chi connectivity index (χ2n) is 12.7. The minimum absolute atomic E-state index is 0.0103. The second kappa shape index (κ2) is 10.7. The Hall–Kier alpha value is -2.05. The van der Waals surface area contributed by atoms with E-state index in [4.69, 9.17) is 11.6 Å². The van der Waals surface area contributed by atoms with Gasteiger partial charge in [-0.2, -0.15) is 17.5 Å². The number of carbonyl (C=O) groups excluding carboxylic acids is 1. The van der Waals surface area contributed by atoms with Gasteiger partial charge in [-0.1, -0.05) is 32.4 Å². The molecule has 3 rings (SSSR count). The molecule has 39 heavy (non-hydrogen) atoms. The molecule has 2 aliphatic rings. The van der Waals surface area contributed by atoms with Gasteiger partial charge in [0.2, 0.25) is 15.9 Å². The SMILES string of the molecule is CC(C)(C)C[C@@H](C(=O)N[C@H]1CC[C@@H]2CN(S(=O)(=O)c3cc(C(F)(F)F)ccc3Cl)C[C@@H]21)N(C(=O)O)C(C)(C)C. The zero-order chi connectivity index (χ0) is 29.7. The number of sulfonamides is 1. The first-order chi connectivity index (χ1) is 17.6. The molecule has 2 N–H and O–H groups in total. The number of benzene rings is 1. The van der Waals surface area contributed by atoms with Gasteiger partial charge in [0.1, 0.15) is 10.9 Å². The summed E-state index contributed by atoms with van der Waals surface area (Å²) in [5.74, 6) is -0.819. The van der Waals surface area contributed by atoms with Gasteiger partial charge in [-0.25, -0.2) is 13.2 Å². The molecule has 0 aromatic heterocycles. The smallest absolute Gasteiger partial charge is 0.416 e. The fourth-order valence-electron chi connectivity index (χ4n) is 5.66. The maximum absolute atomic E-state index is 13.6. The summed E-state index contributed by atoms with van der Waals surface area (Å²) in [5, 5.41) is 12.6. The van der Waals surface area contributed by atoms with Crippen molar-refractivity contribution in [3.05, 3.63) is 28.8 Å². The van der Waals surface area contributed by atoms with Crippen LogP contribution in [0.3, 0.4) is 0 Å². The van der Waals surface area contributed by atoms with Crippen molar-refractivity contribution in [2.75, 3.05) is 13.1 Å². The predicted molar refractivity (Wildman–Crippen MR) is 141 cm³/mol. The van der Waals surface area contributed by atoms with E-state index < -0.39 is 56.3 Å². The van der Waals surface area contributed by atoms with E-state index in [-0.39, 0.29) is 41.8 Å². The average molecular weight is 596 g/mol. The summed E-state index contributed by atoms with van der Waals surface area (Å²) in [6, 6.07) is 0.840. The molecule has 0 unspecified atom stereocenters. The van der Waals surface area contributed by atoms with Crippen LogP contribution in [0.2, 0.25) is 5.02 Å². The number of nitrogens with zero attached hydrogens (tertiary/aromatic N) is 2. The minimum Gasteiger partial charge on any atom is -0.465 e. The number of hydrogen-bond acceptors (Lipinski definition) is 4. The van der Waals surface area contributed by atoms with Crippen molar-refractivity contribution in [3.8, 4) is 0 Å². The number of carboxylic acid groups (broad SMARTS) is 1. The highest BCUT2D eigenvalue weighted by Gasteiger charge is 2.49. The van der Waals surface area contributed by atoms with Gasteiger partial charge >= 0.3 is 12.3 Å². The zero-order valence-corrected chi connectivity index (χ0v) is 24.5. The highest BCUT2D eigenvalue weighted by atomic mass is 35.5. The third kappa shape index (κ3) is 7.00. The van der Waals surface area contributed by atoms with Crippen LogP contribution in [0.4, 0.5) is 18.0 Å². The van der Waals surface area contributed by atoms with Gasteiger partial charge < -0.3 is 10.4 Å². The van der Waals surface area contributed by atoms with Crippen LogP contribution in [0, 0.1) is 17.3 Å². The Labute approximate surface area is 232 Å². The van der Waals surface area contributed by atoms with Crippen LogP contribution in [-0.2, 0) is 21.0 Å². The van der Waals surface area contributed by atoms with Gasteiger partial charge in [0.05, 0.1) is 10.6 Å². The Morgan fingerprint density at radius 3 is 2.26 bits per heavy atom. The van der Waals surface area contributed by atoms with Gasteiger partial charge in [-0.15, -0.1) is 0 Å². The maximum atomic E-state index is 13.6. The second-order valence-corrected chi connectivity index (χ2v) is 15.0. The van der Waals surface area contributed by atoms with Gasteiger partial charge in [-0.05, 0) is 75.5 Å². The lowest BCUT2D eigenvalue weighted by Crippen LogP contribution is -2.59. The van der Waals surface area contributed by atoms with Gasteiger partial charge in [0.15, 0.2) is 0 Å². The van der Waals surface area contributed by atoms with Crippen LogP contribution in [0.15, 0.2) is 23.1 Å². The van der Waals surface area contributed by atoms with Crippen molar-refractivity contribution in [1.82, 2.24) is 14.5 Å². The molecule has 1 heterocycles. The van der Waals surface area contributed by atoms with Crippen molar-refractivity contribution >= 4 is 33.6 Å². The molecular formula is C26H37ClF3N3O5S. The Morgan fingerprint density at radius 1 is 1.13 bits per heavy atom. The fraction of sp³-hybridized carbons (Fsp3) is 0.692. The highest BCUT2D eigenvalue weighted by molar-refractivity contribution is 7.89. The number of halogens is 4. The molecular weight excluding hydrogens is 559 g/mol. The first-order valence-electron chi connectivity index (χ1n) is 12.8. The summed E-state index contributed by atoms with van der Waals surface area (Å²) in [6.45, 7) is 11.0. The lowest BCUT2D eigenvalue weighted by atomic mass is 9.85. The van der Waals surface area contributed by atoms with Crippen molar-refractivity contribution in [2.24, 2.45) is 17.3 Å². The van der Waals surface area contributed by atoms with Crippen LogP contribution < -0.4 is 5.32 Å². The van der Waals surface area contributed by atoms with E-state index in [0.717, 1.165) is 21.3 Å². The molecule has 0 spiro atoms. The third-order valence-electron chi connectivity index (χ3n) is 7.38. The molecule has 1 aliphatic carbocycles. The Kier molecular flexibility index (Phi) is 8.67. The minimum atomic E-state index is -4.73. The van der Waals surface area contributed by atoms with E-state index in [2.05, 4.69) is 5.32 Å². The van der Waals surface area contributed by atoms with E-state index in [1.165, 1.54) is 0 Å². The van der Waals surface area contributed by atoms with E-state index in [1.807, 2.05) is 20.8 Å². The molecule has 2 fully saturated rings. The summed E-state index contributed by atoms with van der Waals surface area (Å²) in [4.78, 5) is 26.3. The van der Waals surface area contributed by atoms with Crippen LogP contribution in [-0.4, -0.2) is 65.4 Å². The third-order valence-corrected chi connectivity index (χ3v) is 9.69. The fourth-order valence-corrected chi connectivity index (χ4v) is 7.70. The molecule has 1 aromatic carbocycles. The number of amides is 2. The molecule has 1 aliphatic heterocycles. The van der Waals surface area contributed by atoms with Gasteiger partial charge in [0.25, 0.3) is 0 Å². The number of rotatable bonds is 6. The quantitative estimate of drug-likeness (QED) is 0.454. The van der Waals surface area contributed by atoms with Gasteiger partial charge in [-0.3, -0.25) is 9.69 Å². The molecule has 1 aromatic rings. The predicted octanol–water partition coefficient (Wildman–Crippen LogP) is 5.46. The number of alkyl halides is 3. The molecule has 0 bridgehead atoms. The molecule has 220 valence electrons. The summed E-state index contributed by atoms with van der Waals surface area (Å²) in [5.41, 5.74) is -2.32. The lowest BCUT2D eigenvalue weighted by molar-refractivity contribution is -0.137. The summed E-state index contributed by atoms with van der Waals surface area (Å²) >= 11 is 6.02. The van der Waals surface area contributed by atoms with Crippen LogP contribution in [0.25, 0.3) is 0 Å². The Morgan fingerprint density at radius 2 is 1.74 bits per heavy atom. The van der Waals surface area contributed by atoms with E-state index in [9.17, 15) is 36.3 Å². The van der Waals surface area contributed by atoms with Gasteiger partial charge in [0, 0.05) is 24.7 Å². The topological polar surface area (TPSA) is 107 Å². The molecule has 4 atom stereocenters. The maximum Gasteiger partial charge on any atom is 0.416 e. The highest BCUT2D eigenvalue weighted by Crippen LogP contribution is 2.42.